The summed E-state index contributed by atoms with van der Waals surface area (Å²) in [5.41, 5.74) is 3.92. The van der Waals surface area contributed by atoms with E-state index in [1.165, 1.54) is 12.1 Å². The molecule has 0 spiro atoms. The van der Waals surface area contributed by atoms with Gasteiger partial charge in [0, 0.05) is 23.5 Å². The maximum atomic E-state index is 13.4. The molecule has 1 aromatic heterocycles. The molecule has 6 heteroatoms. The fourth-order valence-corrected chi connectivity index (χ4v) is 3.09. The molecule has 0 fully saturated rings. The predicted molar refractivity (Wildman–Crippen MR) is 85.8 cm³/mol. The Balaban J connectivity index is 2.30. The smallest absolute Gasteiger partial charge is 0.160 e. The van der Waals surface area contributed by atoms with Crippen LogP contribution in [0.15, 0.2) is 12.1 Å². The molecule has 114 valence electrons. The average Bonchev–Trinajstić information content (AvgIpc) is 2.70. The molecule has 1 atom stereocenters. The van der Waals surface area contributed by atoms with Crippen LogP contribution in [0.4, 0.5) is 10.1 Å². The second kappa shape index (κ2) is 6.24. The van der Waals surface area contributed by atoms with Gasteiger partial charge < -0.3 is 5.32 Å². The van der Waals surface area contributed by atoms with E-state index in [-0.39, 0.29) is 16.1 Å². The molecule has 2 rings (SSSR count). The number of hydrogen-bond donors (Lipinski definition) is 1. The maximum absolute atomic E-state index is 13.4. The molecule has 0 radical (unpaired) electrons. The largest absolute Gasteiger partial charge is 0.378 e. The summed E-state index contributed by atoms with van der Waals surface area (Å²) in [6, 6.07) is 3.09. The van der Waals surface area contributed by atoms with Crippen LogP contribution in [0.5, 0.6) is 0 Å². The zero-order valence-electron chi connectivity index (χ0n) is 12.5. The monoisotopic (exact) mass is 329 g/mol. The van der Waals surface area contributed by atoms with E-state index < -0.39 is 5.82 Å². The third-order valence-electron chi connectivity index (χ3n) is 3.54. The number of aromatic nitrogens is 2. The SMILES string of the molecule is CCn1nc(C)c(C(C)Nc2cc(Cl)c(F)c(Cl)c2)c1C. The van der Waals surface area contributed by atoms with Gasteiger partial charge in [-0.25, -0.2) is 4.39 Å². The first kappa shape index (κ1) is 16.1. The van der Waals surface area contributed by atoms with Crippen LogP contribution in [0.2, 0.25) is 10.0 Å². The molecule has 0 aliphatic heterocycles. The zero-order chi connectivity index (χ0) is 15.7. The van der Waals surface area contributed by atoms with Crippen LogP contribution in [0.25, 0.3) is 0 Å². The summed E-state index contributed by atoms with van der Waals surface area (Å²) in [6.45, 7) is 8.94. The average molecular weight is 330 g/mol. The van der Waals surface area contributed by atoms with E-state index >= 15 is 0 Å². The quantitative estimate of drug-likeness (QED) is 0.787. The second-order valence-corrected chi connectivity index (χ2v) is 5.83. The number of nitrogens with one attached hydrogen (secondary N) is 1. The van der Waals surface area contributed by atoms with E-state index in [0.29, 0.717) is 5.69 Å². The van der Waals surface area contributed by atoms with E-state index in [1.807, 2.05) is 25.5 Å². The molecule has 2 aromatic rings. The van der Waals surface area contributed by atoms with Crippen molar-refractivity contribution in [3.8, 4) is 0 Å². The Hall–Kier alpha value is -1.26. The van der Waals surface area contributed by atoms with E-state index in [4.69, 9.17) is 23.2 Å². The molecule has 1 N–H and O–H groups in total. The molecule has 0 bridgehead atoms. The van der Waals surface area contributed by atoms with Crippen molar-refractivity contribution < 1.29 is 4.39 Å². The van der Waals surface area contributed by atoms with Gasteiger partial charge in [-0.2, -0.15) is 5.10 Å². The van der Waals surface area contributed by atoms with Gasteiger partial charge in [0.05, 0.1) is 21.8 Å². The van der Waals surface area contributed by atoms with Crippen LogP contribution in [0, 0.1) is 19.7 Å². The molecule has 0 aliphatic rings. The van der Waals surface area contributed by atoms with Gasteiger partial charge in [0.1, 0.15) is 0 Å². The minimum absolute atomic E-state index is 0.00916. The standard InChI is InChI=1S/C15H18Cl2FN3/c1-5-21-10(4)14(9(3)20-21)8(2)19-11-6-12(16)15(18)13(17)7-11/h6-8,19H,5H2,1-4H3. The molecule has 1 aromatic carbocycles. The van der Waals surface area contributed by atoms with Crippen LogP contribution in [0.3, 0.4) is 0 Å². The number of hydrogen-bond acceptors (Lipinski definition) is 2. The summed E-state index contributed by atoms with van der Waals surface area (Å²) < 4.78 is 15.4. The van der Waals surface area contributed by atoms with Crippen molar-refractivity contribution in [3.05, 3.63) is 44.9 Å². The molecule has 1 heterocycles. The first-order valence-electron chi connectivity index (χ1n) is 6.80. The number of anilines is 1. The number of aryl methyl sites for hydroxylation is 2. The lowest BCUT2D eigenvalue weighted by Gasteiger charge is -2.17. The Labute approximate surface area is 134 Å². The van der Waals surface area contributed by atoms with Crippen molar-refractivity contribution in [2.75, 3.05) is 5.32 Å². The summed E-state index contributed by atoms with van der Waals surface area (Å²) >= 11 is 11.6. The second-order valence-electron chi connectivity index (χ2n) is 5.02. The van der Waals surface area contributed by atoms with Gasteiger partial charge in [-0.05, 0) is 39.8 Å². The van der Waals surface area contributed by atoms with E-state index in [2.05, 4.69) is 17.3 Å². The number of rotatable bonds is 4. The summed E-state index contributed by atoms with van der Waals surface area (Å²) in [6.07, 6.45) is 0. The summed E-state index contributed by atoms with van der Waals surface area (Å²) in [5, 5.41) is 7.82. The Kier molecular flexibility index (Phi) is 4.79. The topological polar surface area (TPSA) is 29.9 Å². The summed E-state index contributed by atoms with van der Waals surface area (Å²) in [5.74, 6) is -0.595. The first-order chi connectivity index (χ1) is 9.85. The van der Waals surface area contributed by atoms with Crippen molar-refractivity contribution >= 4 is 28.9 Å². The highest BCUT2D eigenvalue weighted by molar-refractivity contribution is 6.35. The Morgan fingerprint density at radius 2 is 1.86 bits per heavy atom. The Morgan fingerprint density at radius 1 is 1.29 bits per heavy atom. The Bertz CT molecular complexity index is 644. The van der Waals surface area contributed by atoms with Crippen LogP contribution in [-0.2, 0) is 6.54 Å². The molecule has 21 heavy (non-hydrogen) atoms. The molecule has 1 unspecified atom stereocenters. The van der Waals surface area contributed by atoms with Crippen LogP contribution < -0.4 is 5.32 Å². The van der Waals surface area contributed by atoms with Crippen molar-refractivity contribution in [3.63, 3.8) is 0 Å². The van der Waals surface area contributed by atoms with Crippen LogP contribution in [-0.4, -0.2) is 9.78 Å². The Morgan fingerprint density at radius 3 is 2.33 bits per heavy atom. The van der Waals surface area contributed by atoms with E-state index in [1.54, 1.807) is 0 Å². The van der Waals surface area contributed by atoms with Crippen LogP contribution >= 0.6 is 23.2 Å². The van der Waals surface area contributed by atoms with Gasteiger partial charge in [-0.3, -0.25) is 4.68 Å². The highest BCUT2D eigenvalue weighted by atomic mass is 35.5. The minimum atomic E-state index is -0.595. The lowest BCUT2D eigenvalue weighted by atomic mass is 10.1. The summed E-state index contributed by atoms with van der Waals surface area (Å²) in [7, 11) is 0. The predicted octanol–water partition coefficient (Wildman–Crippen LogP) is 5.14. The van der Waals surface area contributed by atoms with Gasteiger partial charge in [-0.1, -0.05) is 23.2 Å². The molecule has 0 aliphatic carbocycles. The fourth-order valence-electron chi connectivity index (χ4n) is 2.61. The maximum Gasteiger partial charge on any atom is 0.160 e. The van der Waals surface area contributed by atoms with Gasteiger partial charge in [0.15, 0.2) is 5.82 Å². The minimum Gasteiger partial charge on any atom is -0.378 e. The lowest BCUT2D eigenvalue weighted by Crippen LogP contribution is -2.09. The van der Waals surface area contributed by atoms with Gasteiger partial charge in [0.2, 0.25) is 0 Å². The fraction of sp³-hybridized carbons (Fsp3) is 0.400. The van der Waals surface area contributed by atoms with Gasteiger partial charge >= 0.3 is 0 Å². The highest BCUT2D eigenvalue weighted by Gasteiger charge is 2.18. The number of halogens is 3. The van der Waals surface area contributed by atoms with Crippen LogP contribution in [0.1, 0.15) is 36.8 Å². The third-order valence-corrected chi connectivity index (χ3v) is 4.09. The molecular weight excluding hydrogens is 312 g/mol. The van der Waals surface area contributed by atoms with Crippen molar-refractivity contribution in [1.29, 1.82) is 0 Å². The number of nitrogens with zero attached hydrogens (tertiary/aromatic N) is 2. The summed E-state index contributed by atoms with van der Waals surface area (Å²) in [4.78, 5) is 0. The molecule has 0 saturated heterocycles. The molecule has 3 nitrogen and oxygen atoms in total. The van der Waals surface area contributed by atoms with Gasteiger partial charge in [0.25, 0.3) is 0 Å². The third kappa shape index (κ3) is 3.16. The highest BCUT2D eigenvalue weighted by Crippen LogP contribution is 2.30. The lowest BCUT2D eigenvalue weighted by molar-refractivity contribution is 0.628. The van der Waals surface area contributed by atoms with Crippen molar-refractivity contribution in [2.45, 2.75) is 40.3 Å². The van der Waals surface area contributed by atoms with Crippen molar-refractivity contribution in [2.24, 2.45) is 0 Å². The normalized spacial score (nSPS) is 12.5. The molecular formula is C15H18Cl2FN3. The van der Waals surface area contributed by atoms with Gasteiger partial charge in [-0.15, -0.1) is 0 Å². The number of benzene rings is 1. The first-order valence-corrected chi connectivity index (χ1v) is 7.55. The molecule has 0 saturated carbocycles. The molecule has 0 amide bonds. The van der Waals surface area contributed by atoms with E-state index in [9.17, 15) is 4.39 Å². The van der Waals surface area contributed by atoms with E-state index in [0.717, 1.165) is 23.5 Å². The zero-order valence-corrected chi connectivity index (χ0v) is 14.0. The van der Waals surface area contributed by atoms with Crippen molar-refractivity contribution in [1.82, 2.24) is 9.78 Å².